The monoisotopic (exact) mass is 432 g/mol. The molecule has 3 aromatic rings. The average molecular weight is 432 g/mol. The Hall–Kier alpha value is -4.33. The molecule has 0 saturated carbocycles. The maximum Gasteiger partial charge on any atom is 0.289 e. The van der Waals surface area contributed by atoms with E-state index in [4.69, 9.17) is 15.9 Å². The molecule has 2 aliphatic rings. The lowest BCUT2D eigenvalue weighted by Gasteiger charge is -2.35. The average Bonchev–Trinajstić information content (AvgIpc) is 3.42. The Bertz CT molecular complexity index is 1300. The van der Waals surface area contributed by atoms with E-state index in [1.165, 1.54) is 11.2 Å². The Labute approximate surface area is 182 Å². The van der Waals surface area contributed by atoms with Gasteiger partial charge in [-0.25, -0.2) is 9.97 Å². The van der Waals surface area contributed by atoms with Gasteiger partial charge in [-0.05, 0) is 12.1 Å². The minimum atomic E-state index is -0.181. The van der Waals surface area contributed by atoms with Gasteiger partial charge in [0.1, 0.15) is 34.9 Å². The number of furan rings is 1. The Morgan fingerprint density at radius 3 is 2.44 bits per heavy atom. The number of nitrogens with two attached hydrogens (primary N) is 2. The normalized spacial score (nSPS) is 15.9. The summed E-state index contributed by atoms with van der Waals surface area (Å²) in [7, 11) is 1.62. The molecule has 0 aliphatic carbocycles. The number of nitrogens with zero attached hydrogens (tertiary/aromatic N) is 6. The van der Waals surface area contributed by atoms with E-state index in [1.807, 2.05) is 4.90 Å². The van der Waals surface area contributed by atoms with Crippen molar-refractivity contribution in [2.75, 3.05) is 54.5 Å². The topological polar surface area (TPSA) is 159 Å². The highest BCUT2D eigenvalue weighted by atomic mass is 16.3. The quantitative estimate of drug-likeness (QED) is 0.595. The summed E-state index contributed by atoms with van der Waals surface area (Å²) in [5.74, 6) is 1.10. The third kappa shape index (κ3) is 2.80. The minimum absolute atomic E-state index is 0.110. The Morgan fingerprint density at radius 2 is 1.81 bits per heavy atom. The number of likely N-dealkylation sites (N-methyl/N-ethyl adjacent to an activating group) is 1. The van der Waals surface area contributed by atoms with Crippen LogP contribution in [0.3, 0.4) is 0 Å². The summed E-state index contributed by atoms with van der Waals surface area (Å²) in [6, 6.07) is 5.54. The smallest absolute Gasteiger partial charge is 0.289 e. The van der Waals surface area contributed by atoms with Crippen LogP contribution < -0.4 is 21.3 Å². The van der Waals surface area contributed by atoms with Crippen LogP contribution in [0.4, 0.5) is 23.3 Å². The van der Waals surface area contributed by atoms with E-state index in [2.05, 4.69) is 16.0 Å². The molecule has 0 unspecified atom stereocenters. The van der Waals surface area contributed by atoms with Crippen LogP contribution in [0.2, 0.25) is 0 Å². The van der Waals surface area contributed by atoms with Crippen molar-refractivity contribution in [3.63, 3.8) is 0 Å². The zero-order valence-electron chi connectivity index (χ0n) is 17.3. The van der Waals surface area contributed by atoms with Crippen molar-refractivity contribution in [1.29, 1.82) is 5.26 Å². The SMILES string of the molecule is CN1C(=O)Cc2c1nc(N)c1c(N)nc(N3CCN(C(=O)c4ccco4)CC3)c(C#N)c21. The molecule has 0 aromatic carbocycles. The Kier molecular flexibility index (Phi) is 4.37. The van der Waals surface area contributed by atoms with Gasteiger partial charge in [0.05, 0.1) is 18.1 Å². The number of piperazine rings is 1. The molecule has 162 valence electrons. The van der Waals surface area contributed by atoms with Crippen LogP contribution in [-0.4, -0.2) is 59.9 Å². The second-order valence-electron chi connectivity index (χ2n) is 7.74. The van der Waals surface area contributed by atoms with E-state index in [0.29, 0.717) is 59.7 Å². The highest BCUT2D eigenvalue weighted by Crippen LogP contribution is 2.41. The van der Waals surface area contributed by atoms with Crippen LogP contribution in [0.1, 0.15) is 21.7 Å². The van der Waals surface area contributed by atoms with Gasteiger partial charge in [0.2, 0.25) is 5.91 Å². The van der Waals surface area contributed by atoms with Gasteiger partial charge < -0.3 is 25.7 Å². The zero-order valence-corrected chi connectivity index (χ0v) is 17.3. The summed E-state index contributed by atoms with van der Waals surface area (Å²) >= 11 is 0. The molecule has 5 rings (SSSR count). The zero-order chi connectivity index (χ0) is 22.6. The lowest BCUT2D eigenvalue weighted by molar-refractivity contribution is -0.117. The number of fused-ring (bicyclic) bond motifs is 3. The number of carbonyl (C=O) groups is 2. The van der Waals surface area contributed by atoms with E-state index in [1.54, 1.807) is 24.1 Å². The molecule has 1 fully saturated rings. The number of anilines is 4. The van der Waals surface area contributed by atoms with Gasteiger partial charge in [-0.1, -0.05) is 0 Å². The maximum absolute atomic E-state index is 12.6. The van der Waals surface area contributed by atoms with E-state index < -0.39 is 0 Å². The molecule has 0 atom stereocenters. The third-order valence-corrected chi connectivity index (χ3v) is 5.99. The number of nitrogen functional groups attached to an aromatic ring is 2. The summed E-state index contributed by atoms with van der Waals surface area (Å²) in [5.41, 5.74) is 13.3. The highest BCUT2D eigenvalue weighted by molar-refractivity contribution is 6.13. The number of nitriles is 1. The number of pyridine rings is 2. The molecule has 1 saturated heterocycles. The molecular weight excluding hydrogens is 412 g/mol. The van der Waals surface area contributed by atoms with Crippen LogP contribution >= 0.6 is 0 Å². The summed E-state index contributed by atoms with van der Waals surface area (Å²) in [5, 5.41) is 11.0. The summed E-state index contributed by atoms with van der Waals surface area (Å²) in [6.07, 6.45) is 1.57. The summed E-state index contributed by atoms with van der Waals surface area (Å²) < 4.78 is 5.21. The van der Waals surface area contributed by atoms with Gasteiger partial charge in [-0.3, -0.25) is 14.5 Å². The standard InChI is InChI=1S/C21H20N8O3/c1-27-14(30)9-11-15-12(10-22)20(26-18(24)16(15)17(23)25-19(11)27)28-4-6-29(7-5-28)21(31)13-3-2-8-32-13/h2-3,8H,4-7,9H2,1H3,(H2,23,25)(H2,24,26). The van der Waals surface area contributed by atoms with Crippen molar-refractivity contribution in [3.05, 3.63) is 35.3 Å². The molecule has 3 aromatic heterocycles. The molecule has 0 radical (unpaired) electrons. The van der Waals surface area contributed by atoms with Crippen LogP contribution in [0, 0.1) is 11.3 Å². The van der Waals surface area contributed by atoms with Gasteiger partial charge in [-0.15, -0.1) is 0 Å². The largest absolute Gasteiger partial charge is 0.459 e. The highest BCUT2D eigenvalue weighted by Gasteiger charge is 2.33. The van der Waals surface area contributed by atoms with E-state index in [9.17, 15) is 14.9 Å². The molecule has 2 amide bonds. The number of carbonyl (C=O) groups excluding carboxylic acids is 2. The van der Waals surface area contributed by atoms with Gasteiger partial charge in [0, 0.05) is 44.2 Å². The molecule has 0 bridgehead atoms. The molecule has 11 nitrogen and oxygen atoms in total. The fraction of sp³-hybridized carbons (Fsp3) is 0.286. The van der Waals surface area contributed by atoms with E-state index in [-0.39, 0.29) is 35.6 Å². The molecule has 0 spiro atoms. The van der Waals surface area contributed by atoms with E-state index >= 15 is 0 Å². The second-order valence-corrected chi connectivity index (χ2v) is 7.74. The number of rotatable bonds is 2. The third-order valence-electron chi connectivity index (χ3n) is 5.99. The van der Waals surface area contributed by atoms with Crippen molar-refractivity contribution < 1.29 is 14.0 Å². The maximum atomic E-state index is 12.6. The molecule has 5 heterocycles. The van der Waals surface area contributed by atoms with Crippen molar-refractivity contribution in [2.24, 2.45) is 0 Å². The van der Waals surface area contributed by atoms with Crippen LogP contribution in [-0.2, 0) is 11.2 Å². The van der Waals surface area contributed by atoms with Gasteiger partial charge in [0.25, 0.3) is 5.91 Å². The van der Waals surface area contributed by atoms with Gasteiger partial charge >= 0.3 is 0 Å². The fourth-order valence-corrected chi connectivity index (χ4v) is 4.35. The Balaban J connectivity index is 1.55. The Morgan fingerprint density at radius 1 is 1.12 bits per heavy atom. The van der Waals surface area contributed by atoms with Crippen LogP contribution in [0.15, 0.2) is 22.8 Å². The summed E-state index contributed by atoms with van der Waals surface area (Å²) in [6.45, 7) is 1.78. The van der Waals surface area contributed by atoms with Crippen molar-refractivity contribution in [2.45, 2.75) is 6.42 Å². The number of hydrogen-bond acceptors (Lipinski definition) is 9. The van der Waals surface area contributed by atoms with Crippen molar-refractivity contribution in [1.82, 2.24) is 14.9 Å². The lowest BCUT2D eigenvalue weighted by Crippen LogP contribution is -2.49. The lowest BCUT2D eigenvalue weighted by atomic mass is 10.00. The molecule has 4 N–H and O–H groups in total. The van der Waals surface area contributed by atoms with Gasteiger partial charge in [0.15, 0.2) is 5.76 Å². The first-order valence-corrected chi connectivity index (χ1v) is 10.1. The predicted octanol–water partition coefficient (Wildman–Crippen LogP) is 0.740. The molecular formula is C21H20N8O3. The first kappa shape index (κ1) is 19.6. The number of amides is 2. The molecule has 32 heavy (non-hydrogen) atoms. The minimum Gasteiger partial charge on any atom is -0.459 e. The first-order valence-electron chi connectivity index (χ1n) is 10.1. The second kappa shape index (κ2) is 7.12. The summed E-state index contributed by atoms with van der Waals surface area (Å²) in [4.78, 5) is 38.7. The molecule has 2 aliphatic heterocycles. The number of hydrogen-bond donors (Lipinski definition) is 2. The van der Waals surface area contributed by atoms with Crippen molar-refractivity contribution >= 4 is 45.9 Å². The first-order chi connectivity index (χ1) is 15.4. The predicted molar refractivity (Wildman–Crippen MR) is 117 cm³/mol. The van der Waals surface area contributed by atoms with Crippen LogP contribution in [0.25, 0.3) is 10.8 Å². The van der Waals surface area contributed by atoms with Crippen molar-refractivity contribution in [3.8, 4) is 6.07 Å². The fourth-order valence-electron chi connectivity index (χ4n) is 4.35. The van der Waals surface area contributed by atoms with Gasteiger partial charge in [-0.2, -0.15) is 5.26 Å². The number of aromatic nitrogens is 2. The van der Waals surface area contributed by atoms with E-state index in [0.717, 1.165) is 0 Å². The molecule has 11 heteroatoms. The van der Waals surface area contributed by atoms with Crippen LogP contribution in [0.5, 0.6) is 0 Å².